The molecule has 0 aromatic heterocycles. The minimum absolute atomic E-state index is 0.0155. The molecule has 0 spiro atoms. The van der Waals surface area contributed by atoms with Crippen LogP contribution in [0.15, 0.2) is 53.4 Å². The number of anilines is 1. The van der Waals surface area contributed by atoms with E-state index in [1.54, 1.807) is 29.2 Å². The molecule has 1 saturated carbocycles. The Kier molecular flexibility index (Phi) is 4.73. The van der Waals surface area contributed by atoms with E-state index in [1.165, 1.54) is 0 Å². The zero-order chi connectivity index (χ0) is 20.9. The first-order valence-corrected chi connectivity index (χ1v) is 11.6. The summed E-state index contributed by atoms with van der Waals surface area (Å²) in [5, 5.41) is 0. The van der Waals surface area contributed by atoms with Crippen molar-refractivity contribution in [3.8, 4) is 5.75 Å². The Hall–Kier alpha value is -2.34. The molecule has 1 heterocycles. The fourth-order valence-corrected chi connectivity index (χ4v) is 6.51. The van der Waals surface area contributed by atoms with E-state index in [9.17, 15) is 13.2 Å². The zero-order valence-corrected chi connectivity index (χ0v) is 18.0. The van der Waals surface area contributed by atoms with Gasteiger partial charge < -0.3 is 9.64 Å². The highest BCUT2D eigenvalue weighted by atomic mass is 32.2. The van der Waals surface area contributed by atoms with E-state index in [1.807, 2.05) is 45.0 Å². The SMILES string of the molecule is CCN1C(=O)C(C)(C)COc2cc(C3(S(=O)(=O)c4ccccc4)CCC3)ccc21. The first-order valence-electron chi connectivity index (χ1n) is 10.1. The summed E-state index contributed by atoms with van der Waals surface area (Å²) in [7, 11) is -3.54. The third-order valence-electron chi connectivity index (χ3n) is 6.23. The minimum atomic E-state index is -3.54. The summed E-state index contributed by atoms with van der Waals surface area (Å²) in [4.78, 5) is 15.0. The van der Waals surface area contributed by atoms with Crippen LogP contribution in [-0.2, 0) is 19.4 Å². The van der Waals surface area contributed by atoms with Crippen molar-refractivity contribution in [1.29, 1.82) is 0 Å². The van der Waals surface area contributed by atoms with Gasteiger partial charge in [0, 0.05) is 6.54 Å². The van der Waals surface area contributed by atoms with Crippen LogP contribution >= 0.6 is 0 Å². The van der Waals surface area contributed by atoms with Crippen LogP contribution in [0.25, 0.3) is 0 Å². The fourth-order valence-electron chi connectivity index (χ4n) is 4.28. The lowest BCUT2D eigenvalue weighted by atomic mass is 9.78. The molecule has 0 N–H and O–H groups in total. The predicted molar refractivity (Wildman–Crippen MR) is 113 cm³/mol. The van der Waals surface area contributed by atoms with Crippen LogP contribution in [0.3, 0.4) is 0 Å². The maximum atomic E-state index is 13.5. The molecule has 2 aromatic rings. The summed E-state index contributed by atoms with van der Waals surface area (Å²) in [5.74, 6) is 0.597. The highest BCUT2D eigenvalue weighted by Gasteiger charge is 2.51. The van der Waals surface area contributed by atoms with Crippen LogP contribution < -0.4 is 9.64 Å². The van der Waals surface area contributed by atoms with Gasteiger partial charge >= 0.3 is 0 Å². The van der Waals surface area contributed by atoms with E-state index in [4.69, 9.17) is 4.74 Å². The number of fused-ring (bicyclic) bond motifs is 1. The molecule has 1 aliphatic heterocycles. The third kappa shape index (κ3) is 2.96. The molecule has 2 aromatic carbocycles. The molecule has 2 aliphatic rings. The van der Waals surface area contributed by atoms with Gasteiger partial charge in [0.25, 0.3) is 0 Å². The molecule has 29 heavy (non-hydrogen) atoms. The monoisotopic (exact) mass is 413 g/mol. The lowest BCUT2D eigenvalue weighted by molar-refractivity contribution is -0.127. The highest BCUT2D eigenvalue weighted by Crippen LogP contribution is 2.52. The number of sulfone groups is 1. The Bertz CT molecular complexity index is 1040. The number of carbonyl (C=O) groups is 1. The van der Waals surface area contributed by atoms with Crippen LogP contribution in [0.5, 0.6) is 5.75 Å². The Morgan fingerprint density at radius 2 is 1.76 bits per heavy atom. The molecule has 1 fully saturated rings. The molecule has 1 aliphatic carbocycles. The number of rotatable bonds is 4. The second-order valence-electron chi connectivity index (χ2n) is 8.57. The van der Waals surface area contributed by atoms with Crippen molar-refractivity contribution in [1.82, 2.24) is 0 Å². The molecule has 0 radical (unpaired) electrons. The molecular weight excluding hydrogens is 386 g/mol. The highest BCUT2D eigenvalue weighted by molar-refractivity contribution is 7.92. The second-order valence-corrected chi connectivity index (χ2v) is 10.8. The normalized spacial score (nSPS) is 20.2. The molecule has 154 valence electrons. The Labute approximate surface area is 172 Å². The van der Waals surface area contributed by atoms with Gasteiger partial charge in [0.15, 0.2) is 9.84 Å². The molecule has 1 amide bonds. The van der Waals surface area contributed by atoms with Gasteiger partial charge in [0.05, 0.1) is 16.0 Å². The van der Waals surface area contributed by atoms with Crippen LogP contribution in [0.1, 0.15) is 45.6 Å². The minimum Gasteiger partial charge on any atom is -0.490 e. The van der Waals surface area contributed by atoms with Gasteiger partial charge in [-0.3, -0.25) is 4.79 Å². The summed E-state index contributed by atoms with van der Waals surface area (Å²) >= 11 is 0. The first kappa shape index (κ1) is 20.0. The summed E-state index contributed by atoms with van der Waals surface area (Å²) in [5.41, 5.74) is 0.812. The van der Waals surface area contributed by atoms with E-state index in [-0.39, 0.29) is 12.5 Å². The third-order valence-corrected chi connectivity index (χ3v) is 8.80. The van der Waals surface area contributed by atoms with Crippen LogP contribution in [-0.4, -0.2) is 27.5 Å². The summed E-state index contributed by atoms with van der Waals surface area (Å²) < 4.78 is 32.2. The maximum absolute atomic E-state index is 13.5. The first-order chi connectivity index (χ1) is 13.7. The van der Waals surface area contributed by atoms with Crippen molar-refractivity contribution in [2.45, 2.75) is 49.7 Å². The maximum Gasteiger partial charge on any atom is 0.236 e. The second kappa shape index (κ2) is 6.87. The average Bonchev–Trinajstić information content (AvgIpc) is 2.76. The fraction of sp³-hybridized carbons (Fsp3) is 0.435. The topological polar surface area (TPSA) is 63.7 Å². The number of hydrogen-bond acceptors (Lipinski definition) is 4. The van der Waals surface area contributed by atoms with Gasteiger partial charge in [-0.1, -0.05) is 24.3 Å². The van der Waals surface area contributed by atoms with Crippen molar-refractivity contribution in [2.24, 2.45) is 5.41 Å². The van der Waals surface area contributed by atoms with E-state index in [2.05, 4.69) is 0 Å². The number of carbonyl (C=O) groups excluding carboxylic acids is 1. The lowest BCUT2D eigenvalue weighted by Crippen LogP contribution is -2.42. The van der Waals surface area contributed by atoms with Crippen molar-refractivity contribution >= 4 is 21.4 Å². The summed E-state index contributed by atoms with van der Waals surface area (Å²) in [6, 6.07) is 14.2. The molecule has 0 atom stereocenters. The Balaban J connectivity index is 1.81. The van der Waals surface area contributed by atoms with E-state index in [0.717, 1.165) is 12.0 Å². The standard InChI is InChI=1S/C23H27NO4S/c1-4-24-19-12-11-17(15-20(19)28-16-22(2,3)21(24)25)23(13-8-14-23)29(26,27)18-9-6-5-7-10-18/h5-7,9-12,15H,4,8,13-14,16H2,1-3H3. The number of amides is 1. The van der Waals surface area contributed by atoms with Gasteiger partial charge in [-0.2, -0.15) is 0 Å². The molecule has 6 heteroatoms. The number of benzene rings is 2. The van der Waals surface area contributed by atoms with Gasteiger partial charge in [-0.25, -0.2) is 8.42 Å². The van der Waals surface area contributed by atoms with Crippen molar-refractivity contribution in [3.05, 3.63) is 54.1 Å². The van der Waals surface area contributed by atoms with E-state index >= 15 is 0 Å². The van der Waals surface area contributed by atoms with Gasteiger partial charge in [0.1, 0.15) is 17.1 Å². The number of ether oxygens (including phenoxy) is 1. The van der Waals surface area contributed by atoms with E-state index < -0.39 is 20.0 Å². The molecular formula is C23H27NO4S. The predicted octanol–water partition coefficient (Wildman–Crippen LogP) is 4.31. The molecule has 4 rings (SSSR count). The lowest BCUT2D eigenvalue weighted by Gasteiger charge is -2.41. The quantitative estimate of drug-likeness (QED) is 0.749. The van der Waals surface area contributed by atoms with Crippen molar-refractivity contribution in [3.63, 3.8) is 0 Å². The molecule has 0 unspecified atom stereocenters. The Morgan fingerprint density at radius 1 is 1.07 bits per heavy atom. The van der Waals surface area contributed by atoms with Crippen LogP contribution in [0, 0.1) is 5.41 Å². The Morgan fingerprint density at radius 3 is 2.34 bits per heavy atom. The molecule has 0 saturated heterocycles. The number of nitrogens with zero attached hydrogens (tertiary/aromatic N) is 1. The van der Waals surface area contributed by atoms with Gasteiger partial charge in [0.2, 0.25) is 5.91 Å². The van der Waals surface area contributed by atoms with Crippen LogP contribution in [0.2, 0.25) is 0 Å². The van der Waals surface area contributed by atoms with Gasteiger partial charge in [-0.05, 0) is 69.9 Å². The van der Waals surface area contributed by atoms with E-state index in [0.29, 0.717) is 35.7 Å². The zero-order valence-electron chi connectivity index (χ0n) is 17.1. The van der Waals surface area contributed by atoms with Crippen molar-refractivity contribution < 1.29 is 17.9 Å². The molecule has 0 bridgehead atoms. The smallest absolute Gasteiger partial charge is 0.236 e. The summed E-state index contributed by atoms with van der Waals surface area (Å²) in [6.07, 6.45) is 2.05. The largest absolute Gasteiger partial charge is 0.490 e. The van der Waals surface area contributed by atoms with Crippen molar-refractivity contribution in [2.75, 3.05) is 18.1 Å². The number of hydrogen-bond donors (Lipinski definition) is 0. The van der Waals surface area contributed by atoms with Crippen LogP contribution in [0.4, 0.5) is 5.69 Å². The summed E-state index contributed by atoms with van der Waals surface area (Å²) in [6.45, 7) is 6.48. The molecule has 5 nitrogen and oxygen atoms in total. The average molecular weight is 414 g/mol. The van der Waals surface area contributed by atoms with Gasteiger partial charge in [-0.15, -0.1) is 0 Å².